The van der Waals surface area contributed by atoms with Gasteiger partial charge in [-0.2, -0.15) is 4.31 Å². The Bertz CT molecular complexity index is 958. The summed E-state index contributed by atoms with van der Waals surface area (Å²) in [5, 5.41) is 6.38. The molecule has 2 N–H and O–H groups in total. The van der Waals surface area contributed by atoms with Crippen molar-refractivity contribution < 1.29 is 17.5 Å². The van der Waals surface area contributed by atoms with E-state index in [2.05, 4.69) is 15.6 Å². The fourth-order valence-electron chi connectivity index (χ4n) is 3.17. The Morgan fingerprint density at radius 1 is 1.03 bits per heavy atom. The molecule has 3 rings (SSSR count). The maximum absolute atomic E-state index is 13.0. The van der Waals surface area contributed by atoms with Gasteiger partial charge < -0.3 is 15.4 Å². The number of benzene rings is 2. The Labute approximate surface area is 177 Å². The van der Waals surface area contributed by atoms with Crippen molar-refractivity contribution in [3.05, 3.63) is 71.0 Å². The van der Waals surface area contributed by atoms with Gasteiger partial charge in [0, 0.05) is 33.2 Å². The Balaban J connectivity index is 1.60. The highest BCUT2D eigenvalue weighted by molar-refractivity contribution is 7.88. The van der Waals surface area contributed by atoms with Crippen LogP contribution in [0.2, 0.25) is 0 Å². The monoisotopic (exact) mass is 434 g/mol. The Morgan fingerprint density at radius 2 is 1.67 bits per heavy atom. The SMILES string of the molecule is CN=C(NCc1ccc(F)cc1)NCc1ccccc1CS(=O)(=O)N1CCOCC1. The standard InChI is InChI=1S/C21H27FN4O3S/c1-23-21(24-14-17-6-8-20(22)9-7-17)25-15-18-4-2-3-5-19(18)16-30(27,28)26-10-12-29-13-11-26/h2-9H,10-16H2,1H3,(H2,23,24,25). The number of morpholine rings is 1. The number of rotatable bonds is 7. The number of halogens is 1. The van der Waals surface area contributed by atoms with Crippen molar-refractivity contribution in [2.24, 2.45) is 4.99 Å². The van der Waals surface area contributed by atoms with Crippen LogP contribution in [0.1, 0.15) is 16.7 Å². The summed E-state index contributed by atoms with van der Waals surface area (Å²) in [5.41, 5.74) is 2.57. The van der Waals surface area contributed by atoms with E-state index in [1.54, 1.807) is 19.2 Å². The predicted molar refractivity (Wildman–Crippen MR) is 115 cm³/mol. The van der Waals surface area contributed by atoms with E-state index in [1.165, 1.54) is 16.4 Å². The first kappa shape index (κ1) is 22.2. The third kappa shape index (κ3) is 6.25. The summed E-state index contributed by atoms with van der Waals surface area (Å²) in [6.07, 6.45) is 0. The minimum absolute atomic E-state index is 0.0491. The number of nitrogens with zero attached hydrogens (tertiary/aromatic N) is 2. The smallest absolute Gasteiger partial charge is 0.218 e. The highest BCUT2D eigenvalue weighted by Gasteiger charge is 2.25. The number of hydrogen-bond acceptors (Lipinski definition) is 4. The molecular formula is C21H27FN4O3S. The van der Waals surface area contributed by atoms with Crippen LogP contribution < -0.4 is 10.6 Å². The Morgan fingerprint density at radius 3 is 2.33 bits per heavy atom. The number of aliphatic imine (C=N–C) groups is 1. The minimum Gasteiger partial charge on any atom is -0.379 e. The zero-order valence-electron chi connectivity index (χ0n) is 17.0. The summed E-state index contributed by atoms with van der Waals surface area (Å²) in [6, 6.07) is 13.7. The minimum atomic E-state index is -3.40. The third-order valence-corrected chi connectivity index (χ3v) is 6.69. The van der Waals surface area contributed by atoms with Gasteiger partial charge in [-0.15, -0.1) is 0 Å². The molecule has 162 valence electrons. The molecule has 0 amide bonds. The third-order valence-electron chi connectivity index (χ3n) is 4.86. The van der Waals surface area contributed by atoms with Gasteiger partial charge in [0.2, 0.25) is 10.0 Å². The largest absolute Gasteiger partial charge is 0.379 e. The van der Waals surface area contributed by atoms with Gasteiger partial charge in [-0.25, -0.2) is 12.8 Å². The molecule has 1 saturated heterocycles. The first-order valence-corrected chi connectivity index (χ1v) is 11.4. The van der Waals surface area contributed by atoms with Crippen LogP contribution >= 0.6 is 0 Å². The predicted octanol–water partition coefficient (Wildman–Crippen LogP) is 1.85. The molecule has 1 aliphatic rings. The lowest BCUT2D eigenvalue weighted by Gasteiger charge is -2.26. The molecule has 0 aromatic heterocycles. The van der Waals surface area contributed by atoms with E-state index >= 15 is 0 Å². The van der Waals surface area contributed by atoms with Crippen LogP contribution in [0.25, 0.3) is 0 Å². The van der Waals surface area contributed by atoms with Gasteiger partial charge in [-0.05, 0) is 28.8 Å². The van der Waals surface area contributed by atoms with Crippen LogP contribution in [0, 0.1) is 5.82 Å². The van der Waals surface area contributed by atoms with Crippen molar-refractivity contribution in [3.63, 3.8) is 0 Å². The summed E-state index contributed by atoms with van der Waals surface area (Å²) in [6.45, 7) is 2.56. The molecule has 30 heavy (non-hydrogen) atoms. The summed E-state index contributed by atoms with van der Waals surface area (Å²) in [5.74, 6) is 0.252. The first-order valence-electron chi connectivity index (χ1n) is 9.79. The topological polar surface area (TPSA) is 83.0 Å². The van der Waals surface area contributed by atoms with E-state index in [1.807, 2.05) is 24.3 Å². The molecule has 2 aromatic rings. The van der Waals surface area contributed by atoms with E-state index in [4.69, 9.17) is 4.74 Å². The summed E-state index contributed by atoms with van der Waals surface area (Å²) in [4.78, 5) is 4.19. The molecule has 0 aliphatic carbocycles. The second-order valence-electron chi connectivity index (χ2n) is 6.94. The van der Waals surface area contributed by atoms with Crippen LogP contribution in [0.3, 0.4) is 0 Å². The molecule has 0 saturated carbocycles. The van der Waals surface area contributed by atoms with Gasteiger partial charge >= 0.3 is 0 Å². The molecule has 1 heterocycles. The molecule has 9 heteroatoms. The van der Waals surface area contributed by atoms with Crippen molar-refractivity contribution >= 4 is 16.0 Å². The molecule has 1 fully saturated rings. The van der Waals surface area contributed by atoms with Gasteiger partial charge in [0.15, 0.2) is 5.96 Å². The number of guanidine groups is 1. The van der Waals surface area contributed by atoms with Crippen LogP contribution in [-0.4, -0.2) is 52.0 Å². The lowest BCUT2D eigenvalue weighted by atomic mass is 10.1. The van der Waals surface area contributed by atoms with Gasteiger partial charge in [0.1, 0.15) is 5.82 Å². The molecule has 0 atom stereocenters. The van der Waals surface area contributed by atoms with E-state index in [0.717, 1.165) is 16.7 Å². The molecule has 0 unspecified atom stereocenters. The van der Waals surface area contributed by atoms with Crippen molar-refractivity contribution in [2.45, 2.75) is 18.8 Å². The maximum Gasteiger partial charge on any atom is 0.218 e. The summed E-state index contributed by atoms with van der Waals surface area (Å²) < 4.78 is 45.3. The average molecular weight is 435 g/mol. The normalized spacial score (nSPS) is 15.7. The average Bonchev–Trinajstić information content (AvgIpc) is 2.76. The zero-order chi connectivity index (χ0) is 21.4. The fraction of sp³-hybridized carbons (Fsp3) is 0.381. The van der Waals surface area contributed by atoms with Crippen molar-refractivity contribution in [3.8, 4) is 0 Å². The molecule has 0 spiro atoms. The number of ether oxygens (including phenoxy) is 1. The number of nitrogens with one attached hydrogen (secondary N) is 2. The first-order chi connectivity index (χ1) is 14.5. The van der Waals surface area contributed by atoms with E-state index < -0.39 is 10.0 Å². The van der Waals surface area contributed by atoms with Gasteiger partial charge in [0.25, 0.3) is 0 Å². The van der Waals surface area contributed by atoms with E-state index in [0.29, 0.717) is 45.4 Å². The van der Waals surface area contributed by atoms with E-state index in [9.17, 15) is 12.8 Å². The zero-order valence-corrected chi connectivity index (χ0v) is 17.8. The highest BCUT2D eigenvalue weighted by atomic mass is 32.2. The molecule has 0 bridgehead atoms. The Kier molecular flexibility index (Phi) is 7.78. The molecule has 1 aliphatic heterocycles. The second kappa shape index (κ2) is 10.5. The van der Waals surface area contributed by atoms with Crippen LogP contribution in [0.15, 0.2) is 53.5 Å². The lowest BCUT2D eigenvalue weighted by Crippen LogP contribution is -2.41. The number of sulfonamides is 1. The van der Waals surface area contributed by atoms with Crippen molar-refractivity contribution in [2.75, 3.05) is 33.4 Å². The van der Waals surface area contributed by atoms with Crippen molar-refractivity contribution in [1.29, 1.82) is 0 Å². The second-order valence-corrected chi connectivity index (χ2v) is 8.91. The molecule has 0 radical (unpaired) electrons. The quantitative estimate of drug-likeness (QED) is 0.513. The van der Waals surface area contributed by atoms with Crippen LogP contribution in [-0.2, 0) is 33.6 Å². The fourth-order valence-corrected chi connectivity index (χ4v) is 4.73. The van der Waals surface area contributed by atoms with E-state index in [-0.39, 0.29) is 11.6 Å². The number of hydrogen-bond donors (Lipinski definition) is 2. The van der Waals surface area contributed by atoms with Gasteiger partial charge in [-0.1, -0.05) is 36.4 Å². The lowest BCUT2D eigenvalue weighted by molar-refractivity contribution is 0.0729. The summed E-state index contributed by atoms with van der Waals surface area (Å²) >= 11 is 0. The van der Waals surface area contributed by atoms with Gasteiger partial charge in [0.05, 0.1) is 19.0 Å². The van der Waals surface area contributed by atoms with Crippen LogP contribution in [0.5, 0.6) is 0 Å². The van der Waals surface area contributed by atoms with Crippen LogP contribution in [0.4, 0.5) is 4.39 Å². The summed E-state index contributed by atoms with van der Waals surface area (Å²) in [7, 11) is -1.74. The maximum atomic E-state index is 13.0. The molecule has 7 nitrogen and oxygen atoms in total. The molecule has 2 aromatic carbocycles. The molecular weight excluding hydrogens is 407 g/mol. The van der Waals surface area contributed by atoms with Crippen molar-refractivity contribution in [1.82, 2.24) is 14.9 Å². The highest BCUT2D eigenvalue weighted by Crippen LogP contribution is 2.16. The van der Waals surface area contributed by atoms with Gasteiger partial charge in [-0.3, -0.25) is 4.99 Å². The Hall–Kier alpha value is -2.49.